The molecule has 0 spiro atoms. The van der Waals surface area contributed by atoms with E-state index >= 15 is 0 Å². The van der Waals surface area contributed by atoms with E-state index in [0.717, 1.165) is 5.56 Å². The molecule has 1 aliphatic heterocycles. The summed E-state index contributed by atoms with van der Waals surface area (Å²) in [6.07, 6.45) is 2.09. The molecule has 0 aliphatic carbocycles. The van der Waals surface area contributed by atoms with Gasteiger partial charge in [-0.2, -0.15) is 11.3 Å². The summed E-state index contributed by atoms with van der Waals surface area (Å²) in [7, 11) is 1.49. The van der Waals surface area contributed by atoms with Crippen LogP contribution in [0.3, 0.4) is 0 Å². The number of carbonyl (C=O) groups is 2. The zero-order valence-corrected chi connectivity index (χ0v) is 16.0. The molecule has 1 saturated heterocycles. The van der Waals surface area contributed by atoms with Gasteiger partial charge in [-0.3, -0.25) is 9.59 Å². The molecular weight excluding hydrogens is 367 g/mol. The lowest BCUT2D eigenvalue weighted by atomic mass is 9.84. The lowest BCUT2D eigenvalue weighted by Gasteiger charge is -2.29. The largest absolute Gasteiger partial charge is 0.497 e. The van der Waals surface area contributed by atoms with Crippen LogP contribution in [0.4, 0.5) is 4.39 Å². The fraction of sp³-hybridized carbons (Fsp3) is 0.400. The summed E-state index contributed by atoms with van der Waals surface area (Å²) in [5.41, 5.74) is 0.987. The maximum absolute atomic E-state index is 14.4. The zero-order chi connectivity index (χ0) is 19.3. The summed E-state index contributed by atoms with van der Waals surface area (Å²) in [6.45, 7) is 0.495. The number of hydrogen-bond acceptors (Lipinski definition) is 4. The van der Waals surface area contributed by atoms with Crippen molar-refractivity contribution in [1.29, 1.82) is 0 Å². The van der Waals surface area contributed by atoms with E-state index in [4.69, 9.17) is 4.74 Å². The number of carbonyl (C=O) groups excluding carboxylic acids is 2. The number of thiophene rings is 1. The fourth-order valence-electron chi connectivity index (χ4n) is 3.38. The van der Waals surface area contributed by atoms with Crippen LogP contribution in [0.1, 0.15) is 36.8 Å². The van der Waals surface area contributed by atoms with Gasteiger partial charge in [-0.15, -0.1) is 0 Å². The molecule has 0 bridgehead atoms. The Bertz CT molecular complexity index is 810. The van der Waals surface area contributed by atoms with Crippen molar-refractivity contribution in [1.82, 2.24) is 10.6 Å². The number of hydrogen-bond donors (Lipinski definition) is 2. The van der Waals surface area contributed by atoms with Crippen molar-refractivity contribution in [2.45, 2.75) is 44.2 Å². The van der Waals surface area contributed by atoms with Crippen LogP contribution in [-0.2, 0) is 22.6 Å². The molecule has 2 N–H and O–H groups in total. The molecule has 1 unspecified atom stereocenters. The first-order valence-electron chi connectivity index (χ1n) is 8.91. The topological polar surface area (TPSA) is 67.4 Å². The molecule has 0 radical (unpaired) electrons. The summed E-state index contributed by atoms with van der Waals surface area (Å²) in [5.74, 6) is -0.0372. The number of methoxy groups -OCH3 is 1. The normalized spacial score (nSPS) is 19.0. The standard InChI is InChI=1S/C20H23FN2O3S/c1-26-16-3-2-15(17(21)10-16)11-20(8-5-19(25)23-20)7-4-18(24)22-12-14-6-9-27-13-14/h2-3,6,9-10,13H,4-5,7-8,11-12H2,1H3,(H,22,24)(H,23,25). The Morgan fingerprint density at radius 1 is 1.41 bits per heavy atom. The lowest BCUT2D eigenvalue weighted by molar-refractivity contribution is -0.122. The van der Waals surface area contributed by atoms with Crippen LogP contribution in [0.15, 0.2) is 35.0 Å². The second-order valence-corrected chi connectivity index (χ2v) is 7.65. The second kappa shape index (κ2) is 8.52. The molecule has 1 aromatic carbocycles. The third-order valence-electron chi connectivity index (χ3n) is 4.92. The Labute approximate surface area is 161 Å². The maximum Gasteiger partial charge on any atom is 0.220 e. The average molecular weight is 390 g/mol. The van der Waals surface area contributed by atoms with Crippen molar-refractivity contribution in [2.75, 3.05) is 7.11 Å². The van der Waals surface area contributed by atoms with Gasteiger partial charge < -0.3 is 15.4 Å². The van der Waals surface area contributed by atoms with Crippen molar-refractivity contribution >= 4 is 23.2 Å². The molecule has 7 heteroatoms. The minimum atomic E-state index is -0.591. The van der Waals surface area contributed by atoms with Crippen LogP contribution in [0.5, 0.6) is 5.75 Å². The minimum absolute atomic E-state index is 0.0531. The predicted octanol–water partition coefficient (Wildman–Crippen LogP) is 3.18. The molecule has 5 nitrogen and oxygen atoms in total. The van der Waals surface area contributed by atoms with Gasteiger partial charge in [0.2, 0.25) is 11.8 Å². The molecule has 1 atom stereocenters. The van der Waals surface area contributed by atoms with Gasteiger partial charge in [0.15, 0.2) is 0 Å². The van der Waals surface area contributed by atoms with E-state index in [1.807, 2.05) is 16.8 Å². The highest BCUT2D eigenvalue weighted by atomic mass is 32.1. The molecule has 144 valence electrons. The van der Waals surface area contributed by atoms with Crippen molar-refractivity contribution in [2.24, 2.45) is 0 Å². The van der Waals surface area contributed by atoms with Gasteiger partial charge in [-0.05, 0) is 53.3 Å². The Morgan fingerprint density at radius 2 is 2.26 bits per heavy atom. The number of ether oxygens (including phenoxy) is 1. The lowest BCUT2D eigenvalue weighted by Crippen LogP contribution is -2.44. The third kappa shape index (κ3) is 5.07. The molecule has 3 rings (SSSR count). The molecule has 1 fully saturated rings. The quantitative estimate of drug-likeness (QED) is 0.727. The summed E-state index contributed by atoms with van der Waals surface area (Å²) < 4.78 is 19.4. The van der Waals surface area contributed by atoms with Crippen LogP contribution < -0.4 is 15.4 Å². The first-order chi connectivity index (χ1) is 13.0. The Hall–Kier alpha value is -2.41. The monoisotopic (exact) mass is 390 g/mol. The molecule has 1 aliphatic rings. The van der Waals surface area contributed by atoms with E-state index in [2.05, 4.69) is 10.6 Å². The van der Waals surface area contributed by atoms with E-state index in [-0.39, 0.29) is 24.1 Å². The molecule has 0 saturated carbocycles. The maximum atomic E-state index is 14.4. The van der Waals surface area contributed by atoms with Crippen LogP contribution in [-0.4, -0.2) is 24.5 Å². The Kier molecular flexibility index (Phi) is 6.11. The van der Waals surface area contributed by atoms with E-state index in [1.165, 1.54) is 13.2 Å². The summed E-state index contributed by atoms with van der Waals surface area (Å²) in [5, 5.41) is 9.83. The van der Waals surface area contributed by atoms with E-state index < -0.39 is 5.54 Å². The number of amides is 2. The highest BCUT2D eigenvalue weighted by molar-refractivity contribution is 7.07. The van der Waals surface area contributed by atoms with Gasteiger partial charge in [-0.1, -0.05) is 6.07 Å². The smallest absolute Gasteiger partial charge is 0.220 e. The Balaban J connectivity index is 1.62. The first-order valence-corrected chi connectivity index (χ1v) is 9.85. The zero-order valence-electron chi connectivity index (χ0n) is 15.2. The van der Waals surface area contributed by atoms with Gasteiger partial charge in [0.25, 0.3) is 0 Å². The van der Waals surface area contributed by atoms with E-state index in [0.29, 0.717) is 43.5 Å². The molecule has 27 heavy (non-hydrogen) atoms. The number of nitrogens with one attached hydrogen (secondary N) is 2. The predicted molar refractivity (Wildman–Crippen MR) is 102 cm³/mol. The van der Waals surface area contributed by atoms with Crippen molar-refractivity contribution in [3.63, 3.8) is 0 Å². The van der Waals surface area contributed by atoms with Gasteiger partial charge in [0.05, 0.1) is 7.11 Å². The highest BCUT2D eigenvalue weighted by Crippen LogP contribution is 2.31. The van der Waals surface area contributed by atoms with Crippen LogP contribution in [0, 0.1) is 5.82 Å². The van der Waals surface area contributed by atoms with Gasteiger partial charge in [-0.25, -0.2) is 4.39 Å². The van der Waals surface area contributed by atoms with Gasteiger partial charge >= 0.3 is 0 Å². The van der Waals surface area contributed by atoms with E-state index in [9.17, 15) is 14.0 Å². The first kappa shape index (κ1) is 19.4. The fourth-order valence-corrected chi connectivity index (χ4v) is 4.05. The summed E-state index contributed by atoms with van der Waals surface area (Å²) in [4.78, 5) is 24.0. The van der Waals surface area contributed by atoms with Gasteiger partial charge in [0, 0.05) is 31.0 Å². The molecule has 1 aromatic heterocycles. The van der Waals surface area contributed by atoms with Crippen molar-refractivity contribution in [3.8, 4) is 5.75 Å². The third-order valence-corrected chi connectivity index (χ3v) is 5.66. The number of rotatable bonds is 8. The number of benzene rings is 1. The highest BCUT2D eigenvalue weighted by Gasteiger charge is 2.38. The summed E-state index contributed by atoms with van der Waals surface area (Å²) in [6, 6.07) is 6.69. The number of halogens is 1. The van der Waals surface area contributed by atoms with Crippen molar-refractivity contribution in [3.05, 3.63) is 52.0 Å². The SMILES string of the molecule is COc1ccc(CC2(CCC(=O)NCc3ccsc3)CCC(=O)N2)c(F)c1. The average Bonchev–Trinajstić information content (AvgIpc) is 3.30. The van der Waals surface area contributed by atoms with Crippen LogP contribution in [0.25, 0.3) is 0 Å². The minimum Gasteiger partial charge on any atom is -0.497 e. The second-order valence-electron chi connectivity index (χ2n) is 6.87. The Morgan fingerprint density at radius 3 is 2.89 bits per heavy atom. The van der Waals surface area contributed by atoms with E-state index in [1.54, 1.807) is 23.5 Å². The van der Waals surface area contributed by atoms with Crippen molar-refractivity contribution < 1.29 is 18.7 Å². The molecular formula is C20H23FN2O3S. The van der Waals surface area contributed by atoms with Crippen LogP contribution in [0.2, 0.25) is 0 Å². The van der Waals surface area contributed by atoms with Crippen LogP contribution >= 0.6 is 11.3 Å². The molecule has 2 amide bonds. The van der Waals surface area contributed by atoms with Gasteiger partial charge in [0.1, 0.15) is 11.6 Å². The molecule has 2 aromatic rings. The summed E-state index contributed by atoms with van der Waals surface area (Å²) >= 11 is 1.59. The molecule has 2 heterocycles.